The summed E-state index contributed by atoms with van der Waals surface area (Å²) in [4.78, 5) is 31.3. The summed E-state index contributed by atoms with van der Waals surface area (Å²) in [5.41, 5.74) is 3.12. The van der Waals surface area contributed by atoms with Crippen LogP contribution < -0.4 is 0 Å². The minimum atomic E-state index is 0.0746. The van der Waals surface area contributed by atoms with Crippen molar-refractivity contribution in [3.05, 3.63) is 22.0 Å². The number of hydrogen-bond donors (Lipinski definition) is 0. The predicted octanol–water partition coefficient (Wildman–Crippen LogP) is 3.99. The molecule has 0 unspecified atom stereocenters. The minimum Gasteiger partial charge on any atom is -0.300 e. The van der Waals surface area contributed by atoms with E-state index in [0.717, 1.165) is 30.0 Å². The highest BCUT2D eigenvalue weighted by Gasteiger charge is 2.12. The standard InChI is InChI=1S/C14H16N2O2S2/c1-10(17)5-3-2-4-6-13(18)11-8-20-14(16-11)12-7-19-9-15-12/h7-9H,2-6H2,1H3. The van der Waals surface area contributed by atoms with Crippen LogP contribution in [-0.2, 0) is 4.79 Å². The van der Waals surface area contributed by atoms with E-state index in [1.807, 2.05) is 5.38 Å². The van der Waals surface area contributed by atoms with Crippen molar-refractivity contribution in [2.24, 2.45) is 0 Å². The number of unbranched alkanes of at least 4 members (excludes halogenated alkanes) is 2. The van der Waals surface area contributed by atoms with Gasteiger partial charge in [0.15, 0.2) is 5.78 Å². The smallest absolute Gasteiger partial charge is 0.182 e. The Morgan fingerprint density at radius 2 is 1.95 bits per heavy atom. The summed E-state index contributed by atoms with van der Waals surface area (Å²) in [5.74, 6) is 0.286. The van der Waals surface area contributed by atoms with Crippen molar-refractivity contribution in [3.8, 4) is 10.7 Å². The fourth-order valence-corrected chi connectivity index (χ4v) is 3.20. The predicted molar refractivity (Wildman–Crippen MR) is 81.3 cm³/mol. The molecule has 0 fully saturated rings. The fourth-order valence-electron chi connectivity index (χ4n) is 1.80. The average molecular weight is 308 g/mol. The van der Waals surface area contributed by atoms with Crippen molar-refractivity contribution >= 4 is 34.2 Å². The topological polar surface area (TPSA) is 59.9 Å². The summed E-state index contributed by atoms with van der Waals surface area (Å²) >= 11 is 2.97. The third-order valence-electron chi connectivity index (χ3n) is 2.87. The van der Waals surface area contributed by atoms with Gasteiger partial charge in [0.1, 0.15) is 22.2 Å². The zero-order chi connectivity index (χ0) is 14.4. The molecule has 0 saturated carbocycles. The zero-order valence-corrected chi connectivity index (χ0v) is 12.9. The third-order valence-corrected chi connectivity index (χ3v) is 4.33. The summed E-state index contributed by atoms with van der Waals surface area (Å²) in [6.07, 6.45) is 3.70. The van der Waals surface area contributed by atoms with E-state index in [4.69, 9.17) is 0 Å². The van der Waals surface area contributed by atoms with Gasteiger partial charge in [-0.05, 0) is 19.8 Å². The highest BCUT2D eigenvalue weighted by Crippen LogP contribution is 2.24. The Bertz CT molecular complexity index is 576. The SMILES string of the molecule is CC(=O)CCCCCC(=O)c1csc(-c2cscn2)n1. The van der Waals surface area contributed by atoms with Crippen molar-refractivity contribution in [2.45, 2.75) is 39.0 Å². The van der Waals surface area contributed by atoms with E-state index in [9.17, 15) is 9.59 Å². The van der Waals surface area contributed by atoms with E-state index in [2.05, 4.69) is 9.97 Å². The van der Waals surface area contributed by atoms with Crippen molar-refractivity contribution in [3.63, 3.8) is 0 Å². The van der Waals surface area contributed by atoms with Crippen molar-refractivity contribution < 1.29 is 9.59 Å². The molecule has 2 heterocycles. The molecule has 0 spiro atoms. The van der Waals surface area contributed by atoms with E-state index in [1.165, 1.54) is 22.7 Å². The maximum atomic E-state index is 12.0. The van der Waals surface area contributed by atoms with Gasteiger partial charge in [-0.25, -0.2) is 9.97 Å². The lowest BCUT2D eigenvalue weighted by Crippen LogP contribution is -1.99. The Morgan fingerprint density at radius 3 is 2.65 bits per heavy atom. The van der Waals surface area contributed by atoms with Crippen molar-refractivity contribution in [1.82, 2.24) is 9.97 Å². The first-order chi connectivity index (χ1) is 9.66. The van der Waals surface area contributed by atoms with Crippen LogP contribution in [0.4, 0.5) is 0 Å². The number of hydrogen-bond acceptors (Lipinski definition) is 6. The van der Waals surface area contributed by atoms with Gasteiger partial charge < -0.3 is 4.79 Å². The first-order valence-corrected chi connectivity index (χ1v) is 8.36. The van der Waals surface area contributed by atoms with Crippen LogP contribution in [0.2, 0.25) is 0 Å². The van der Waals surface area contributed by atoms with Gasteiger partial charge in [0.25, 0.3) is 0 Å². The molecule has 2 aromatic rings. The van der Waals surface area contributed by atoms with Crippen molar-refractivity contribution in [2.75, 3.05) is 0 Å². The number of rotatable bonds is 8. The van der Waals surface area contributed by atoms with Crippen LogP contribution in [0.1, 0.15) is 49.5 Å². The lowest BCUT2D eigenvalue weighted by molar-refractivity contribution is -0.117. The van der Waals surface area contributed by atoms with E-state index >= 15 is 0 Å². The zero-order valence-electron chi connectivity index (χ0n) is 11.3. The normalized spacial score (nSPS) is 10.7. The van der Waals surface area contributed by atoms with Crippen LogP contribution in [-0.4, -0.2) is 21.5 Å². The average Bonchev–Trinajstić information content (AvgIpc) is 3.08. The number of ketones is 2. The Kier molecular flexibility index (Phi) is 5.55. The minimum absolute atomic E-state index is 0.0746. The second-order valence-corrected chi connectivity index (χ2v) is 6.17. The molecule has 6 heteroatoms. The summed E-state index contributed by atoms with van der Waals surface area (Å²) < 4.78 is 0. The van der Waals surface area contributed by atoms with E-state index in [0.29, 0.717) is 18.5 Å². The molecule has 0 aliphatic rings. The second kappa shape index (κ2) is 7.40. The molecule has 0 radical (unpaired) electrons. The van der Waals surface area contributed by atoms with Gasteiger partial charge in [-0.2, -0.15) is 0 Å². The van der Waals surface area contributed by atoms with Crippen LogP contribution in [0.25, 0.3) is 10.7 Å². The Balaban J connectivity index is 1.80. The highest BCUT2D eigenvalue weighted by atomic mass is 32.1. The number of aromatic nitrogens is 2. The first-order valence-electron chi connectivity index (χ1n) is 6.53. The quantitative estimate of drug-likeness (QED) is 0.546. The summed E-state index contributed by atoms with van der Waals surface area (Å²) in [7, 11) is 0. The lowest BCUT2D eigenvalue weighted by atomic mass is 10.1. The van der Waals surface area contributed by atoms with E-state index in [1.54, 1.807) is 17.8 Å². The van der Waals surface area contributed by atoms with Crippen LogP contribution in [0, 0.1) is 0 Å². The molecule has 0 aliphatic carbocycles. The Hall–Kier alpha value is -1.40. The van der Waals surface area contributed by atoms with Crippen LogP contribution in [0.15, 0.2) is 16.3 Å². The molecule has 0 atom stereocenters. The molecule has 0 N–H and O–H groups in total. The number of nitrogens with zero attached hydrogens (tertiary/aromatic N) is 2. The first kappa shape index (κ1) is 15.0. The second-order valence-electron chi connectivity index (χ2n) is 4.60. The van der Waals surface area contributed by atoms with E-state index in [-0.39, 0.29) is 11.6 Å². The van der Waals surface area contributed by atoms with Gasteiger partial charge in [0.2, 0.25) is 0 Å². The maximum Gasteiger partial charge on any atom is 0.182 e. The molecule has 0 aromatic carbocycles. The number of carbonyl (C=O) groups is 2. The molecule has 0 bridgehead atoms. The Labute approximate surface area is 125 Å². The molecule has 0 saturated heterocycles. The van der Waals surface area contributed by atoms with Gasteiger partial charge in [0, 0.05) is 23.6 Å². The van der Waals surface area contributed by atoms with Gasteiger partial charge in [-0.1, -0.05) is 6.42 Å². The molecule has 106 valence electrons. The molecular weight excluding hydrogens is 292 g/mol. The summed E-state index contributed by atoms with van der Waals surface area (Å²) in [6.45, 7) is 1.60. The highest BCUT2D eigenvalue weighted by molar-refractivity contribution is 7.14. The molecule has 0 amide bonds. The fraction of sp³-hybridized carbons (Fsp3) is 0.429. The molecule has 4 nitrogen and oxygen atoms in total. The molecule has 20 heavy (non-hydrogen) atoms. The van der Waals surface area contributed by atoms with Gasteiger partial charge >= 0.3 is 0 Å². The largest absolute Gasteiger partial charge is 0.300 e. The monoisotopic (exact) mass is 308 g/mol. The van der Waals surface area contributed by atoms with Gasteiger partial charge in [0.05, 0.1) is 5.51 Å². The molecule has 2 rings (SSSR count). The van der Waals surface area contributed by atoms with Gasteiger partial charge in [-0.3, -0.25) is 4.79 Å². The van der Waals surface area contributed by atoms with Crippen LogP contribution >= 0.6 is 22.7 Å². The van der Waals surface area contributed by atoms with E-state index < -0.39 is 0 Å². The summed E-state index contributed by atoms with van der Waals surface area (Å²) in [5, 5.41) is 4.52. The number of thiazole rings is 2. The lowest BCUT2D eigenvalue weighted by Gasteiger charge is -1.98. The third kappa shape index (κ3) is 4.31. The van der Waals surface area contributed by atoms with Gasteiger partial charge in [-0.15, -0.1) is 22.7 Å². The molecular formula is C14H16N2O2S2. The molecule has 0 aliphatic heterocycles. The number of carbonyl (C=O) groups excluding carboxylic acids is 2. The van der Waals surface area contributed by atoms with Crippen LogP contribution in [0.5, 0.6) is 0 Å². The molecule has 2 aromatic heterocycles. The van der Waals surface area contributed by atoms with Crippen LogP contribution in [0.3, 0.4) is 0 Å². The van der Waals surface area contributed by atoms with Crippen molar-refractivity contribution in [1.29, 1.82) is 0 Å². The Morgan fingerprint density at radius 1 is 1.15 bits per heavy atom. The maximum absolute atomic E-state index is 12.0. The summed E-state index contributed by atoms with van der Waals surface area (Å²) in [6, 6.07) is 0. The number of Topliss-reactive ketones (excluding diaryl/α,β-unsaturated/α-hetero) is 2.